The quantitative estimate of drug-likeness (QED) is 0.499. The van der Waals surface area contributed by atoms with Crippen molar-refractivity contribution in [3.63, 3.8) is 0 Å². The van der Waals surface area contributed by atoms with Crippen LogP contribution in [0, 0.1) is 0 Å². The highest BCUT2D eigenvalue weighted by molar-refractivity contribution is 7.85. The zero-order valence-electron chi connectivity index (χ0n) is 9.07. The molecule has 0 spiro atoms. The Hall–Kier alpha value is -0.130. The Morgan fingerprint density at radius 3 is 2.07 bits per heavy atom. The third-order valence-electron chi connectivity index (χ3n) is 2.27. The van der Waals surface area contributed by atoms with E-state index in [1.807, 2.05) is 0 Å². The molecule has 0 aliphatic carbocycles. The van der Waals surface area contributed by atoms with Gasteiger partial charge in [0.25, 0.3) is 10.1 Å². The van der Waals surface area contributed by atoms with E-state index in [4.69, 9.17) is 4.55 Å². The fourth-order valence-corrected chi connectivity index (χ4v) is 1.91. The summed E-state index contributed by atoms with van der Waals surface area (Å²) >= 11 is 0. The van der Waals surface area contributed by atoms with Crippen LogP contribution < -0.4 is 0 Å². The molecular weight excluding hydrogens is 202 g/mol. The largest absolute Gasteiger partial charge is 0.304 e. The maximum absolute atomic E-state index is 10.4. The van der Waals surface area contributed by atoms with E-state index in [1.165, 1.54) is 0 Å². The van der Waals surface area contributed by atoms with Crippen LogP contribution >= 0.6 is 0 Å². The van der Waals surface area contributed by atoms with E-state index in [1.54, 1.807) is 0 Å². The highest BCUT2D eigenvalue weighted by atomic mass is 32.2. The van der Waals surface area contributed by atoms with Gasteiger partial charge in [-0.05, 0) is 32.5 Å². The summed E-state index contributed by atoms with van der Waals surface area (Å²) in [6.45, 7) is 7.31. The molecule has 0 bridgehead atoms. The molecule has 0 saturated carbocycles. The van der Waals surface area contributed by atoms with E-state index in [-0.39, 0.29) is 5.75 Å². The minimum atomic E-state index is -3.75. The molecule has 0 aliphatic rings. The molecule has 0 aromatic rings. The number of nitrogens with zero attached hydrogens (tertiary/aromatic N) is 1. The Kier molecular flexibility index (Phi) is 7.13. The Morgan fingerprint density at radius 1 is 1.07 bits per heavy atom. The van der Waals surface area contributed by atoms with Gasteiger partial charge in [0, 0.05) is 0 Å². The summed E-state index contributed by atoms with van der Waals surface area (Å²) < 4.78 is 29.3. The van der Waals surface area contributed by atoms with Crippen LogP contribution in [0.25, 0.3) is 0 Å². The topological polar surface area (TPSA) is 57.6 Å². The zero-order chi connectivity index (χ0) is 11.0. The van der Waals surface area contributed by atoms with Crippen molar-refractivity contribution in [3.8, 4) is 0 Å². The van der Waals surface area contributed by atoms with Crippen LogP contribution in [0.2, 0.25) is 0 Å². The summed E-state index contributed by atoms with van der Waals surface area (Å²) in [5.41, 5.74) is 0. The summed E-state index contributed by atoms with van der Waals surface area (Å²) in [4.78, 5) is 2.30. The third kappa shape index (κ3) is 8.47. The van der Waals surface area contributed by atoms with Crippen LogP contribution in [0.4, 0.5) is 0 Å². The Bertz CT molecular complexity index is 222. The van der Waals surface area contributed by atoms with Crippen molar-refractivity contribution in [2.45, 2.75) is 33.1 Å². The van der Waals surface area contributed by atoms with Crippen molar-refractivity contribution in [1.29, 1.82) is 0 Å². The van der Waals surface area contributed by atoms with E-state index in [9.17, 15) is 8.42 Å². The van der Waals surface area contributed by atoms with Crippen molar-refractivity contribution >= 4 is 10.1 Å². The van der Waals surface area contributed by atoms with Gasteiger partial charge in [-0.1, -0.05) is 20.3 Å². The average Bonchev–Trinajstić information content (AvgIpc) is 2.09. The molecule has 0 atom stereocenters. The van der Waals surface area contributed by atoms with Gasteiger partial charge in [-0.15, -0.1) is 0 Å². The lowest BCUT2D eigenvalue weighted by atomic mass is 10.2. The molecule has 5 heteroatoms. The van der Waals surface area contributed by atoms with Crippen LogP contribution in [0.5, 0.6) is 0 Å². The molecular formula is C9H21NO3S. The maximum Gasteiger partial charge on any atom is 0.264 e. The molecule has 0 unspecified atom stereocenters. The lowest BCUT2D eigenvalue weighted by molar-refractivity contribution is 0.296. The van der Waals surface area contributed by atoms with Gasteiger partial charge < -0.3 is 4.90 Å². The molecule has 86 valence electrons. The molecule has 0 aromatic carbocycles. The molecule has 0 saturated heterocycles. The van der Waals surface area contributed by atoms with Gasteiger partial charge in [0.05, 0.1) is 5.75 Å². The Balaban J connectivity index is 3.38. The normalized spacial score (nSPS) is 12.3. The van der Waals surface area contributed by atoms with Gasteiger partial charge in [-0.3, -0.25) is 4.55 Å². The van der Waals surface area contributed by atoms with Crippen molar-refractivity contribution in [1.82, 2.24) is 4.90 Å². The monoisotopic (exact) mass is 223 g/mol. The molecule has 0 aromatic heterocycles. The molecule has 0 radical (unpaired) electrons. The van der Waals surface area contributed by atoms with Crippen molar-refractivity contribution in [3.05, 3.63) is 0 Å². The van der Waals surface area contributed by atoms with E-state index >= 15 is 0 Å². The van der Waals surface area contributed by atoms with Crippen LogP contribution in [0.3, 0.4) is 0 Å². The lowest BCUT2D eigenvalue weighted by Gasteiger charge is -2.17. The minimum absolute atomic E-state index is 0.106. The summed E-state index contributed by atoms with van der Waals surface area (Å²) in [5.74, 6) is -0.106. The van der Waals surface area contributed by atoms with Gasteiger partial charge in [0.15, 0.2) is 0 Å². The summed E-state index contributed by atoms with van der Waals surface area (Å²) in [5, 5.41) is 0. The van der Waals surface area contributed by atoms with E-state index in [0.29, 0.717) is 6.42 Å². The van der Waals surface area contributed by atoms with Crippen LogP contribution in [0.1, 0.15) is 33.1 Å². The second kappa shape index (κ2) is 7.20. The van der Waals surface area contributed by atoms with Gasteiger partial charge in [0.2, 0.25) is 0 Å². The lowest BCUT2D eigenvalue weighted by Crippen LogP contribution is -2.23. The molecule has 1 N–H and O–H groups in total. The molecule has 0 heterocycles. The SMILES string of the molecule is CCN(CC)CCCCCS(=O)(=O)O. The predicted molar refractivity (Wildman–Crippen MR) is 58.1 cm³/mol. The maximum atomic E-state index is 10.4. The first-order valence-corrected chi connectivity index (χ1v) is 6.78. The smallest absolute Gasteiger partial charge is 0.264 e. The highest BCUT2D eigenvalue weighted by Crippen LogP contribution is 2.00. The fourth-order valence-electron chi connectivity index (χ4n) is 1.34. The highest BCUT2D eigenvalue weighted by Gasteiger charge is 2.03. The second-order valence-corrected chi connectivity index (χ2v) is 4.95. The van der Waals surface area contributed by atoms with Gasteiger partial charge >= 0.3 is 0 Å². The van der Waals surface area contributed by atoms with Crippen LogP contribution in [0.15, 0.2) is 0 Å². The van der Waals surface area contributed by atoms with E-state index in [0.717, 1.165) is 32.5 Å². The predicted octanol–water partition coefficient (Wildman–Crippen LogP) is 1.39. The molecule has 0 amide bonds. The zero-order valence-corrected chi connectivity index (χ0v) is 9.89. The van der Waals surface area contributed by atoms with Gasteiger partial charge in [-0.25, -0.2) is 0 Å². The van der Waals surface area contributed by atoms with Crippen LogP contribution in [-0.2, 0) is 10.1 Å². The Labute approximate surface area is 87.0 Å². The van der Waals surface area contributed by atoms with E-state index < -0.39 is 10.1 Å². The molecule has 0 fully saturated rings. The summed E-state index contributed by atoms with van der Waals surface area (Å²) in [7, 11) is -3.75. The summed E-state index contributed by atoms with van der Waals surface area (Å²) in [6.07, 6.45) is 2.41. The first-order chi connectivity index (χ1) is 6.49. The first-order valence-electron chi connectivity index (χ1n) is 5.17. The molecule has 0 rings (SSSR count). The van der Waals surface area contributed by atoms with Gasteiger partial charge in [0.1, 0.15) is 0 Å². The number of hydrogen-bond acceptors (Lipinski definition) is 3. The Morgan fingerprint density at radius 2 is 1.64 bits per heavy atom. The van der Waals surface area contributed by atoms with Crippen molar-refractivity contribution < 1.29 is 13.0 Å². The van der Waals surface area contributed by atoms with E-state index in [2.05, 4.69) is 18.7 Å². The van der Waals surface area contributed by atoms with Crippen LogP contribution in [-0.4, -0.2) is 43.3 Å². The number of hydrogen-bond donors (Lipinski definition) is 1. The molecule has 14 heavy (non-hydrogen) atoms. The summed E-state index contributed by atoms with van der Waals surface area (Å²) in [6, 6.07) is 0. The number of unbranched alkanes of at least 4 members (excludes halogenated alkanes) is 2. The third-order valence-corrected chi connectivity index (χ3v) is 3.08. The first kappa shape index (κ1) is 13.9. The van der Waals surface area contributed by atoms with Crippen molar-refractivity contribution in [2.75, 3.05) is 25.4 Å². The molecule has 0 aliphatic heterocycles. The standard InChI is InChI=1S/C9H21NO3S/c1-3-10(4-2)8-6-5-7-9-14(11,12)13/h3-9H2,1-2H3,(H,11,12,13). The van der Waals surface area contributed by atoms with Crippen molar-refractivity contribution in [2.24, 2.45) is 0 Å². The fraction of sp³-hybridized carbons (Fsp3) is 1.00. The van der Waals surface area contributed by atoms with Gasteiger partial charge in [-0.2, -0.15) is 8.42 Å². The second-order valence-electron chi connectivity index (χ2n) is 3.37. The molecule has 4 nitrogen and oxygen atoms in total. The minimum Gasteiger partial charge on any atom is -0.304 e. The average molecular weight is 223 g/mol. The number of rotatable bonds is 8.